The van der Waals surface area contributed by atoms with Gasteiger partial charge in [-0.15, -0.1) is 0 Å². The highest BCUT2D eigenvalue weighted by Gasteiger charge is 2.10. The van der Waals surface area contributed by atoms with E-state index in [1.807, 2.05) is 18.2 Å². The smallest absolute Gasteiger partial charge is 0.150 e. The largest absolute Gasteiger partial charge is 0.384 e. The summed E-state index contributed by atoms with van der Waals surface area (Å²) in [6.07, 6.45) is 1.52. The third kappa shape index (κ3) is 1.64. The molecule has 0 aliphatic carbocycles. The van der Waals surface area contributed by atoms with Gasteiger partial charge >= 0.3 is 0 Å². The van der Waals surface area contributed by atoms with Crippen molar-refractivity contribution >= 4 is 36.4 Å². The summed E-state index contributed by atoms with van der Waals surface area (Å²) in [6, 6.07) is 9.16. The average Bonchev–Trinajstić information content (AvgIpc) is 2.72. The number of benzene rings is 1. The molecule has 0 atom stereocenters. The number of rotatable bonds is 1. The van der Waals surface area contributed by atoms with E-state index in [1.165, 1.54) is 10.7 Å². The summed E-state index contributed by atoms with van der Waals surface area (Å²) in [4.78, 5) is 4.44. The summed E-state index contributed by atoms with van der Waals surface area (Å²) in [5, 5.41) is 4.66. The van der Waals surface area contributed by atoms with Crippen molar-refractivity contribution in [2.24, 2.45) is 0 Å². The van der Waals surface area contributed by atoms with Gasteiger partial charge in [0.1, 0.15) is 13.7 Å². The maximum atomic E-state index is 6.14. The monoisotopic (exact) mass is 254 g/mol. The molecule has 6 heteroatoms. The lowest BCUT2D eigenvalue weighted by atomic mass is 10.0. The number of anilines is 1. The first-order valence-electron chi connectivity index (χ1n) is 5.31. The Morgan fingerprint density at radius 2 is 2.06 bits per heavy atom. The molecule has 0 saturated heterocycles. The molecule has 0 aliphatic heterocycles. The Morgan fingerprint density at radius 1 is 1.28 bits per heavy atom. The molecule has 0 aliphatic rings. The third-order valence-corrected chi connectivity index (χ3v) is 3.01. The van der Waals surface area contributed by atoms with Crippen molar-refractivity contribution in [3.05, 3.63) is 41.6 Å². The van der Waals surface area contributed by atoms with Crippen molar-refractivity contribution in [1.29, 1.82) is 0 Å². The van der Waals surface area contributed by atoms with Gasteiger partial charge < -0.3 is 5.73 Å². The molecule has 4 nitrogen and oxygen atoms in total. The molecule has 1 aromatic carbocycles. The molecule has 0 amide bonds. The SMILES string of the molecule is [B]c1cnn2c(N)cc(-c3ccccc3Cl)nc12. The molecule has 0 unspecified atom stereocenters. The Morgan fingerprint density at radius 3 is 2.83 bits per heavy atom. The number of nitrogen functional groups attached to an aromatic ring is 1. The van der Waals surface area contributed by atoms with Gasteiger partial charge in [0.15, 0.2) is 5.65 Å². The van der Waals surface area contributed by atoms with E-state index in [-0.39, 0.29) is 0 Å². The summed E-state index contributed by atoms with van der Waals surface area (Å²) in [5.74, 6) is 0.464. The Hall–Kier alpha value is -2.01. The van der Waals surface area contributed by atoms with Crippen LogP contribution in [0.15, 0.2) is 36.5 Å². The molecule has 2 aromatic heterocycles. The van der Waals surface area contributed by atoms with E-state index < -0.39 is 0 Å². The van der Waals surface area contributed by atoms with Gasteiger partial charge in [-0.25, -0.2) is 9.50 Å². The van der Waals surface area contributed by atoms with Crippen LogP contribution in [0, 0.1) is 0 Å². The average molecular weight is 254 g/mol. The predicted molar refractivity (Wildman–Crippen MR) is 73.2 cm³/mol. The lowest BCUT2D eigenvalue weighted by Crippen LogP contribution is -2.06. The van der Waals surface area contributed by atoms with Gasteiger partial charge in [-0.3, -0.25) is 0 Å². The first-order chi connectivity index (χ1) is 8.66. The van der Waals surface area contributed by atoms with E-state index in [4.69, 9.17) is 25.2 Å². The van der Waals surface area contributed by atoms with E-state index in [2.05, 4.69) is 10.1 Å². The van der Waals surface area contributed by atoms with Crippen molar-refractivity contribution in [3.63, 3.8) is 0 Å². The molecular weight excluding hydrogens is 246 g/mol. The molecule has 0 fully saturated rings. The molecular formula is C12H8BClN4. The Labute approximate surface area is 110 Å². The zero-order valence-electron chi connectivity index (χ0n) is 9.34. The van der Waals surface area contributed by atoms with E-state index in [0.717, 1.165) is 5.56 Å². The van der Waals surface area contributed by atoms with Gasteiger partial charge in [0.2, 0.25) is 0 Å². The number of hydrogen-bond donors (Lipinski definition) is 1. The fourth-order valence-electron chi connectivity index (χ4n) is 1.81. The zero-order chi connectivity index (χ0) is 12.7. The second kappa shape index (κ2) is 4.03. The maximum absolute atomic E-state index is 6.14. The van der Waals surface area contributed by atoms with Crippen molar-refractivity contribution in [2.45, 2.75) is 0 Å². The predicted octanol–water partition coefficient (Wildman–Crippen LogP) is 1.43. The van der Waals surface area contributed by atoms with Gasteiger partial charge in [0, 0.05) is 22.8 Å². The van der Waals surface area contributed by atoms with E-state index in [0.29, 0.717) is 27.6 Å². The number of aromatic nitrogens is 3. The molecule has 0 bridgehead atoms. The summed E-state index contributed by atoms with van der Waals surface area (Å²) in [6.45, 7) is 0. The minimum Gasteiger partial charge on any atom is -0.384 e. The highest BCUT2D eigenvalue weighted by Crippen LogP contribution is 2.27. The van der Waals surface area contributed by atoms with Crippen LogP contribution in [0.25, 0.3) is 16.9 Å². The zero-order valence-corrected chi connectivity index (χ0v) is 10.1. The minimum absolute atomic E-state index is 0.464. The van der Waals surface area contributed by atoms with Crippen LogP contribution in [0.4, 0.5) is 5.82 Å². The number of nitrogens with zero attached hydrogens (tertiary/aromatic N) is 3. The fraction of sp³-hybridized carbons (Fsp3) is 0. The quantitative estimate of drug-likeness (QED) is 0.668. The van der Waals surface area contributed by atoms with Crippen molar-refractivity contribution in [3.8, 4) is 11.3 Å². The summed E-state index contributed by atoms with van der Waals surface area (Å²) >= 11 is 6.14. The second-order valence-electron chi connectivity index (χ2n) is 3.88. The number of halogens is 1. The van der Waals surface area contributed by atoms with Gasteiger partial charge in [-0.1, -0.05) is 29.8 Å². The van der Waals surface area contributed by atoms with Crippen LogP contribution in [-0.4, -0.2) is 22.4 Å². The molecule has 3 rings (SSSR count). The lowest BCUT2D eigenvalue weighted by Gasteiger charge is -2.06. The molecule has 3 aromatic rings. The topological polar surface area (TPSA) is 56.2 Å². The van der Waals surface area contributed by atoms with Crippen molar-refractivity contribution < 1.29 is 0 Å². The normalized spacial score (nSPS) is 10.9. The van der Waals surface area contributed by atoms with Gasteiger partial charge in [0.05, 0.1) is 5.69 Å². The fourth-order valence-corrected chi connectivity index (χ4v) is 2.04. The summed E-state index contributed by atoms with van der Waals surface area (Å²) in [5.41, 5.74) is 8.43. The third-order valence-electron chi connectivity index (χ3n) is 2.68. The van der Waals surface area contributed by atoms with Crippen LogP contribution in [0.5, 0.6) is 0 Å². The molecule has 2 radical (unpaired) electrons. The van der Waals surface area contributed by atoms with Gasteiger partial charge in [0.25, 0.3) is 0 Å². The highest BCUT2D eigenvalue weighted by molar-refractivity contribution is 6.36. The van der Waals surface area contributed by atoms with E-state index >= 15 is 0 Å². The van der Waals surface area contributed by atoms with E-state index in [9.17, 15) is 0 Å². The van der Waals surface area contributed by atoms with Gasteiger partial charge in [-0.2, -0.15) is 5.10 Å². The van der Waals surface area contributed by atoms with Crippen LogP contribution in [0.2, 0.25) is 5.02 Å². The first kappa shape index (κ1) is 11.1. The Kier molecular flexibility index (Phi) is 2.49. The van der Waals surface area contributed by atoms with Crippen molar-refractivity contribution in [2.75, 3.05) is 5.73 Å². The lowest BCUT2D eigenvalue weighted by molar-refractivity contribution is 0.954. The van der Waals surface area contributed by atoms with Crippen LogP contribution in [0.1, 0.15) is 0 Å². The molecule has 2 N–H and O–H groups in total. The molecule has 0 spiro atoms. The van der Waals surface area contributed by atoms with E-state index in [1.54, 1.807) is 12.1 Å². The Bertz CT molecular complexity index is 738. The molecule has 18 heavy (non-hydrogen) atoms. The molecule has 2 heterocycles. The molecule has 0 saturated carbocycles. The van der Waals surface area contributed by atoms with Crippen molar-refractivity contribution in [1.82, 2.24) is 14.6 Å². The maximum Gasteiger partial charge on any atom is 0.150 e. The minimum atomic E-state index is 0.464. The standard InChI is InChI=1S/C12H8BClN4/c13-8-6-16-18-11(15)5-10(17-12(8)18)7-3-1-2-4-9(7)14/h1-6H,15H2. The van der Waals surface area contributed by atoms with Crippen LogP contribution in [0.3, 0.4) is 0 Å². The van der Waals surface area contributed by atoms with Gasteiger partial charge in [-0.05, 0) is 11.5 Å². The first-order valence-corrected chi connectivity index (χ1v) is 5.69. The summed E-state index contributed by atoms with van der Waals surface area (Å²) < 4.78 is 1.50. The Balaban J connectivity index is 2.31. The number of fused-ring (bicyclic) bond motifs is 1. The highest BCUT2D eigenvalue weighted by atomic mass is 35.5. The number of hydrogen-bond acceptors (Lipinski definition) is 3. The second-order valence-corrected chi connectivity index (χ2v) is 4.29. The van der Waals surface area contributed by atoms with Crippen LogP contribution < -0.4 is 11.2 Å². The number of nitrogens with two attached hydrogens (primary N) is 1. The molecule has 86 valence electrons. The summed E-state index contributed by atoms with van der Waals surface area (Å²) in [7, 11) is 5.80. The van der Waals surface area contributed by atoms with Crippen LogP contribution >= 0.6 is 11.6 Å². The van der Waals surface area contributed by atoms with Crippen LogP contribution in [-0.2, 0) is 0 Å².